The van der Waals surface area contributed by atoms with Crippen molar-refractivity contribution in [2.45, 2.75) is 45.1 Å². The molecule has 1 heterocycles. The SMILES string of the molecule is Cc1cc(C2(C(F)(F)F)CC(C(F)(F)F)=NO2)ccc1NC(=O)C1C=CC=CC1(C(N)=O)C(C)C. The summed E-state index contributed by atoms with van der Waals surface area (Å²) >= 11 is 0. The minimum Gasteiger partial charge on any atom is -0.374 e. The quantitative estimate of drug-likeness (QED) is 0.560. The Kier molecular flexibility index (Phi) is 6.55. The Morgan fingerprint density at radius 3 is 2.31 bits per heavy atom. The van der Waals surface area contributed by atoms with Crippen molar-refractivity contribution in [3.63, 3.8) is 0 Å². The van der Waals surface area contributed by atoms with Crippen molar-refractivity contribution in [1.29, 1.82) is 0 Å². The molecule has 6 nitrogen and oxygen atoms in total. The van der Waals surface area contributed by atoms with Crippen molar-refractivity contribution in [3.8, 4) is 0 Å². The molecule has 0 aromatic heterocycles. The lowest BCUT2D eigenvalue weighted by molar-refractivity contribution is -0.276. The molecule has 0 spiro atoms. The number of allylic oxidation sites excluding steroid dienone is 2. The van der Waals surface area contributed by atoms with Gasteiger partial charge in [0.05, 0.1) is 17.8 Å². The molecule has 1 aromatic rings. The number of anilines is 1. The second-order valence-electron chi connectivity index (χ2n) is 8.82. The number of carbonyl (C=O) groups is 2. The number of hydrogen-bond acceptors (Lipinski definition) is 4. The summed E-state index contributed by atoms with van der Waals surface area (Å²) in [4.78, 5) is 29.8. The maximum absolute atomic E-state index is 13.9. The second kappa shape index (κ2) is 8.72. The minimum atomic E-state index is -5.21. The van der Waals surface area contributed by atoms with E-state index in [1.165, 1.54) is 13.0 Å². The average molecular weight is 503 g/mol. The molecule has 0 saturated heterocycles. The number of halogens is 6. The number of primary amides is 1. The summed E-state index contributed by atoms with van der Waals surface area (Å²) in [7, 11) is 0. The summed E-state index contributed by atoms with van der Waals surface area (Å²) in [6.45, 7) is 4.83. The molecular weight excluding hydrogens is 480 g/mol. The van der Waals surface area contributed by atoms with Gasteiger partial charge in [-0.2, -0.15) is 26.3 Å². The van der Waals surface area contributed by atoms with E-state index in [2.05, 4.69) is 15.3 Å². The summed E-state index contributed by atoms with van der Waals surface area (Å²) in [5.41, 5.74) is -1.06. The normalized spacial score (nSPS) is 26.5. The third-order valence-electron chi connectivity index (χ3n) is 6.43. The Labute approximate surface area is 196 Å². The van der Waals surface area contributed by atoms with Crippen LogP contribution in [0.1, 0.15) is 31.4 Å². The highest BCUT2D eigenvalue weighted by Crippen LogP contribution is 2.50. The fourth-order valence-corrected chi connectivity index (χ4v) is 4.35. The predicted octanol–water partition coefficient (Wildman–Crippen LogP) is 4.90. The zero-order chi connectivity index (χ0) is 26.4. The minimum absolute atomic E-state index is 0.108. The molecule has 190 valence electrons. The number of amides is 2. The molecule has 0 radical (unpaired) electrons. The number of alkyl halides is 6. The Bertz CT molecular complexity index is 1120. The maximum Gasteiger partial charge on any atom is 0.435 e. The lowest BCUT2D eigenvalue weighted by Gasteiger charge is -2.38. The first kappa shape index (κ1) is 26.3. The Morgan fingerprint density at radius 2 is 1.83 bits per heavy atom. The molecule has 3 unspecified atom stereocenters. The molecule has 3 atom stereocenters. The van der Waals surface area contributed by atoms with Gasteiger partial charge in [0.25, 0.3) is 5.60 Å². The molecule has 3 rings (SSSR count). The van der Waals surface area contributed by atoms with Gasteiger partial charge in [-0.05, 0) is 30.5 Å². The number of nitrogens with zero attached hydrogens (tertiary/aromatic N) is 1. The van der Waals surface area contributed by atoms with Crippen molar-refractivity contribution < 1.29 is 40.8 Å². The van der Waals surface area contributed by atoms with E-state index < -0.39 is 58.8 Å². The van der Waals surface area contributed by atoms with Crippen LogP contribution in [0.3, 0.4) is 0 Å². The molecule has 0 bridgehead atoms. The highest BCUT2D eigenvalue weighted by atomic mass is 19.4. The van der Waals surface area contributed by atoms with E-state index in [4.69, 9.17) is 5.73 Å². The molecular formula is C23H23F6N3O3. The largest absolute Gasteiger partial charge is 0.435 e. The predicted molar refractivity (Wildman–Crippen MR) is 115 cm³/mol. The molecule has 2 aliphatic rings. The van der Waals surface area contributed by atoms with E-state index in [0.29, 0.717) is 0 Å². The van der Waals surface area contributed by atoms with Crippen molar-refractivity contribution in [2.75, 3.05) is 5.32 Å². The average Bonchev–Trinajstić information content (AvgIpc) is 3.22. The van der Waals surface area contributed by atoms with Crippen LogP contribution >= 0.6 is 0 Å². The number of benzene rings is 1. The van der Waals surface area contributed by atoms with Crippen molar-refractivity contribution in [1.82, 2.24) is 0 Å². The van der Waals surface area contributed by atoms with Crippen LogP contribution < -0.4 is 11.1 Å². The van der Waals surface area contributed by atoms with E-state index in [9.17, 15) is 35.9 Å². The van der Waals surface area contributed by atoms with Crippen LogP contribution in [-0.2, 0) is 20.0 Å². The van der Waals surface area contributed by atoms with Crippen LogP contribution in [0.25, 0.3) is 0 Å². The van der Waals surface area contributed by atoms with E-state index in [0.717, 1.165) is 18.2 Å². The summed E-state index contributed by atoms with van der Waals surface area (Å²) in [6, 6.07) is 3.04. The zero-order valence-electron chi connectivity index (χ0n) is 18.9. The molecule has 1 aliphatic carbocycles. The van der Waals surface area contributed by atoms with Gasteiger partial charge in [0.15, 0.2) is 5.71 Å². The third-order valence-corrected chi connectivity index (χ3v) is 6.43. The van der Waals surface area contributed by atoms with Crippen LogP contribution in [0.4, 0.5) is 32.0 Å². The molecule has 12 heteroatoms. The first-order chi connectivity index (χ1) is 16.1. The van der Waals surface area contributed by atoms with Gasteiger partial charge in [0.1, 0.15) is 0 Å². The topological polar surface area (TPSA) is 93.8 Å². The number of rotatable bonds is 5. The van der Waals surface area contributed by atoms with Gasteiger partial charge in [-0.3, -0.25) is 9.59 Å². The number of oxime groups is 1. The van der Waals surface area contributed by atoms with Gasteiger partial charge < -0.3 is 15.9 Å². The van der Waals surface area contributed by atoms with Gasteiger partial charge >= 0.3 is 12.4 Å². The van der Waals surface area contributed by atoms with Crippen LogP contribution in [0.2, 0.25) is 0 Å². The molecule has 0 saturated carbocycles. The molecule has 35 heavy (non-hydrogen) atoms. The van der Waals surface area contributed by atoms with Gasteiger partial charge in [-0.25, -0.2) is 0 Å². The highest BCUT2D eigenvalue weighted by molar-refractivity contribution is 6.00. The standard InChI is InChI=1S/C23H23F6N3O3/c1-12(2)20(19(30)34)9-5-4-6-15(20)18(33)31-16-8-7-14(10-13(16)3)21(23(27,28)29)11-17(32-35-21)22(24,25)26/h4-10,12,15H,11H2,1-3H3,(H2,30,34)(H,31,33). The summed E-state index contributed by atoms with van der Waals surface area (Å²) in [6.07, 6.45) is -5.61. The number of nitrogens with two attached hydrogens (primary N) is 1. The summed E-state index contributed by atoms with van der Waals surface area (Å²) < 4.78 is 80.6. The van der Waals surface area contributed by atoms with Crippen molar-refractivity contribution in [3.05, 3.63) is 53.6 Å². The summed E-state index contributed by atoms with van der Waals surface area (Å²) in [5.74, 6) is -2.69. The van der Waals surface area contributed by atoms with Gasteiger partial charge in [-0.1, -0.05) is 49.4 Å². The highest BCUT2D eigenvalue weighted by Gasteiger charge is 2.65. The molecule has 2 amide bonds. The van der Waals surface area contributed by atoms with Gasteiger partial charge in [0, 0.05) is 11.3 Å². The van der Waals surface area contributed by atoms with Crippen LogP contribution in [0, 0.1) is 24.2 Å². The monoisotopic (exact) mass is 503 g/mol. The van der Waals surface area contributed by atoms with Crippen LogP contribution in [0.15, 0.2) is 47.7 Å². The fraction of sp³-hybridized carbons (Fsp3) is 0.435. The van der Waals surface area contributed by atoms with Crippen molar-refractivity contribution >= 4 is 23.2 Å². The molecule has 1 aliphatic heterocycles. The second-order valence-corrected chi connectivity index (χ2v) is 8.82. The lowest BCUT2D eigenvalue weighted by Crippen LogP contribution is -2.50. The molecule has 1 aromatic carbocycles. The van der Waals surface area contributed by atoms with Crippen LogP contribution in [-0.4, -0.2) is 29.9 Å². The fourth-order valence-electron chi connectivity index (χ4n) is 4.35. The lowest BCUT2D eigenvalue weighted by atomic mass is 9.64. The van der Waals surface area contributed by atoms with Crippen molar-refractivity contribution in [2.24, 2.45) is 28.1 Å². The van der Waals surface area contributed by atoms with Gasteiger partial charge in [-0.15, -0.1) is 0 Å². The van der Waals surface area contributed by atoms with E-state index in [-0.39, 0.29) is 17.2 Å². The van der Waals surface area contributed by atoms with Crippen LogP contribution in [0.5, 0.6) is 0 Å². The third kappa shape index (κ3) is 4.41. The van der Waals surface area contributed by atoms with E-state index >= 15 is 0 Å². The zero-order valence-corrected chi connectivity index (χ0v) is 18.9. The number of carbonyl (C=O) groups excluding carboxylic acids is 2. The Balaban J connectivity index is 1.92. The van der Waals surface area contributed by atoms with Gasteiger partial charge in [0.2, 0.25) is 11.8 Å². The molecule has 3 N–H and O–H groups in total. The Morgan fingerprint density at radius 1 is 1.17 bits per heavy atom. The number of aryl methyl sites for hydroxylation is 1. The van der Waals surface area contributed by atoms with E-state index in [1.807, 2.05) is 0 Å². The maximum atomic E-state index is 13.9. The Hall–Kier alpha value is -3.31. The summed E-state index contributed by atoms with van der Waals surface area (Å²) in [5, 5.41) is 5.24. The van der Waals surface area contributed by atoms with E-state index in [1.54, 1.807) is 32.1 Å². The smallest absolute Gasteiger partial charge is 0.374 e. The first-order valence-corrected chi connectivity index (χ1v) is 10.5. The number of hydrogen-bond donors (Lipinski definition) is 2. The molecule has 0 fully saturated rings. The first-order valence-electron chi connectivity index (χ1n) is 10.5. The number of nitrogens with one attached hydrogen (secondary N) is 1.